The van der Waals surface area contributed by atoms with Gasteiger partial charge in [0.2, 0.25) is 5.91 Å². The minimum atomic E-state index is -0.662. The first-order valence-corrected chi connectivity index (χ1v) is 8.32. The summed E-state index contributed by atoms with van der Waals surface area (Å²) < 4.78 is 11.2. The van der Waals surface area contributed by atoms with Crippen LogP contribution in [-0.2, 0) is 22.1 Å². The summed E-state index contributed by atoms with van der Waals surface area (Å²) in [4.78, 5) is 14.0. The number of nitrogens with two attached hydrogens (primary N) is 1. The maximum absolute atomic E-state index is 11.9. The Kier molecular flexibility index (Phi) is 5.70. The van der Waals surface area contributed by atoms with Crippen molar-refractivity contribution >= 4 is 22.4 Å². The molecule has 6 heteroatoms. The largest absolute Gasteiger partial charge is 0.326 e. The summed E-state index contributed by atoms with van der Waals surface area (Å²) in [6.45, 7) is 2.88. The monoisotopic (exact) mass is 295 g/mol. The minimum absolute atomic E-state index is 0.0113. The van der Waals surface area contributed by atoms with Gasteiger partial charge in [-0.25, -0.2) is 0 Å². The highest BCUT2D eigenvalue weighted by atomic mass is 32.2. The average Bonchev–Trinajstić information content (AvgIpc) is 2.47. The third kappa shape index (κ3) is 4.70. The van der Waals surface area contributed by atoms with Crippen LogP contribution in [0.5, 0.6) is 0 Å². The zero-order valence-electron chi connectivity index (χ0n) is 11.5. The van der Waals surface area contributed by atoms with Gasteiger partial charge in [0.25, 0.3) is 0 Å². The van der Waals surface area contributed by atoms with Crippen LogP contribution in [0.15, 0.2) is 24.3 Å². The molecule has 20 heavy (non-hydrogen) atoms. The Balaban J connectivity index is 1.73. The van der Waals surface area contributed by atoms with Crippen LogP contribution in [0.1, 0.15) is 12.0 Å². The molecule has 1 saturated heterocycles. The summed E-state index contributed by atoms with van der Waals surface area (Å²) in [6, 6.07) is 7.55. The average molecular weight is 295 g/mol. The van der Waals surface area contributed by atoms with Crippen LogP contribution in [0.3, 0.4) is 0 Å². The maximum Gasteiger partial charge on any atom is 0.225 e. The molecule has 1 aromatic rings. The molecule has 1 aromatic carbocycles. The predicted molar refractivity (Wildman–Crippen MR) is 81.9 cm³/mol. The van der Waals surface area contributed by atoms with Gasteiger partial charge in [0.15, 0.2) is 0 Å². The normalized spacial score (nSPS) is 17.1. The Morgan fingerprint density at radius 2 is 1.90 bits per heavy atom. The Labute approximate surface area is 122 Å². The second-order valence-electron chi connectivity index (χ2n) is 4.89. The lowest BCUT2D eigenvalue weighted by Crippen LogP contribution is -2.39. The van der Waals surface area contributed by atoms with Crippen LogP contribution in [0, 0.1) is 0 Å². The highest BCUT2D eigenvalue weighted by Crippen LogP contribution is 2.09. The number of rotatable bonds is 5. The van der Waals surface area contributed by atoms with E-state index in [0.717, 1.165) is 42.4 Å². The third-order valence-corrected chi connectivity index (χ3v) is 4.67. The molecule has 0 saturated carbocycles. The van der Waals surface area contributed by atoms with E-state index in [1.165, 1.54) is 0 Å². The molecule has 0 aromatic heterocycles. The minimum Gasteiger partial charge on any atom is -0.326 e. The summed E-state index contributed by atoms with van der Waals surface area (Å²) in [6.07, 6.45) is 0.464. The van der Waals surface area contributed by atoms with Crippen molar-refractivity contribution in [3.8, 4) is 0 Å². The summed E-state index contributed by atoms with van der Waals surface area (Å²) in [7, 11) is -0.662. The van der Waals surface area contributed by atoms with Gasteiger partial charge in [-0.1, -0.05) is 12.1 Å². The molecule has 1 amide bonds. The molecule has 1 heterocycles. The summed E-state index contributed by atoms with van der Waals surface area (Å²) >= 11 is 0. The van der Waals surface area contributed by atoms with Crippen LogP contribution in [0.2, 0.25) is 0 Å². The van der Waals surface area contributed by atoms with Crippen molar-refractivity contribution in [2.75, 3.05) is 36.5 Å². The van der Waals surface area contributed by atoms with Crippen LogP contribution in [-0.4, -0.2) is 46.2 Å². The molecule has 2 rings (SSSR count). The van der Waals surface area contributed by atoms with E-state index in [-0.39, 0.29) is 5.91 Å². The van der Waals surface area contributed by atoms with E-state index >= 15 is 0 Å². The zero-order chi connectivity index (χ0) is 14.4. The molecule has 0 aliphatic carbocycles. The number of benzene rings is 1. The van der Waals surface area contributed by atoms with Gasteiger partial charge in [0.05, 0.1) is 0 Å². The first kappa shape index (κ1) is 15.2. The second-order valence-corrected chi connectivity index (χ2v) is 6.59. The molecular weight excluding hydrogens is 274 g/mol. The molecule has 0 unspecified atom stereocenters. The molecular formula is C14H21N3O2S. The summed E-state index contributed by atoms with van der Waals surface area (Å²) in [5.74, 6) is 1.46. The van der Waals surface area contributed by atoms with E-state index in [1.54, 1.807) is 0 Å². The number of hydrogen-bond donors (Lipinski definition) is 2. The van der Waals surface area contributed by atoms with Gasteiger partial charge in [-0.3, -0.25) is 9.00 Å². The fraction of sp³-hybridized carbons (Fsp3) is 0.500. The van der Waals surface area contributed by atoms with Crippen molar-refractivity contribution in [1.29, 1.82) is 0 Å². The van der Waals surface area contributed by atoms with Crippen molar-refractivity contribution in [3.63, 3.8) is 0 Å². The molecule has 1 aliphatic rings. The zero-order valence-corrected chi connectivity index (χ0v) is 12.3. The number of nitrogens with one attached hydrogen (secondary N) is 1. The van der Waals surface area contributed by atoms with Crippen molar-refractivity contribution in [2.24, 2.45) is 5.73 Å². The van der Waals surface area contributed by atoms with Gasteiger partial charge >= 0.3 is 0 Å². The Hall–Kier alpha value is -1.24. The first-order valence-electron chi connectivity index (χ1n) is 6.83. The Morgan fingerprint density at radius 3 is 2.50 bits per heavy atom. The molecule has 0 radical (unpaired) electrons. The van der Waals surface area contributed by atoms with Crippen LogP contribution >= 0.6 is 0 Å². The Bertz CT molecular complexity index is 466. The topological polar surface area (TPSA) is 75.4 Å². The molecule has 0 atom stereocenters. The number of carbonyl (C=O) groups excluding carboxylic acids is 1. The highest BCUT2D eigenvalue weighted by molar-refractivity contribution is 7.85. The van der Waals surface area contributed by atoms with Gasteiger partial charge in [0, 0.05) is 60.6 Å². The second kappa shape index (κ2) is 7.52. The number of hydrogen-bond acceptors (Lipinski definition) is 4. The van der Waals surface area contributed by atoms with Gasteiger partial charge in [-0.15, -0.1) is 0 Å². The summed E-state index contributed by atoms with van der Waals surface area (Å²) in [5, 5.41) is 2.88. The van der Waals surface area contributed by atoms with Crippen LogP contribution < -0.4 is 11.1 Å². The molecule has 110 valence electrons. The van der Waals surface area contributed by atoms with Crippen molar-refractivity contribution < 1.29 is 9.00 Å². The van der Waals surface area contributed by atoms with Gasteiger partial charge in [0.1, 0.15) is 0 Å². The number of nitrogens with zero attached hydrogens (tertiary/aromatic N) is 1. The fourth-order valence-electron chi connectivity index (χ4n) is 2.11. The van der Waals surface area contributed by atoms with E-state index in [0.29, 0.717) is 13.0 Å². The lowest BCUT2D eigenvalue weighted by Gasteiger charge is -2.25. The molecule has 1 fully saturated rings. The van der Waals surface area contributed by atoms with E-state index in [4.69, 9.17) is 5.73 Å². The SMILES string of the molecule is NCc1ccc(NC(=O)CCN2CCS(=O)CC2)cc1. The molecule has 5 nitrogen and oxygen atoms in total. The number of carbonyl (C=O) groups is 1. The van der Waals surface area contributed by atoms with Gasteiger partial charge < -0.3 is 16.0 Å². The lowest BCUT2D eigenvalue weighted by molar-refractivity contribution is -0.116. The highest BCUT2D eigenvalue weighted by Gasteiger charge is 2.15. The quantitative estimate of drug-likeness (QED) is 0.831. The number of anilines is 1. The number of amides is 1. The molecule has 0 bridgehead atoms. The van der Waals surface area contributed by atoms with Gasteiger partial charge in [-0.2, -0.15) is 0 Å². The predicted octanol–water partition coefficient (Wildman–Crippen LogP) is 0.538. The van der Waals surface area contributed by atoms with E-state index in [1.807, 2.05) is 24.3 Å². The van der Waals surface area contributed by atoms with Crippen molar-refractivity contribution in [1.82, 2.24) is 4.90 Å². The first-order chi connectivity index (χ1) is 9.67. The third-order valence-electron chi connectivity index (χ3n) is 3.40. The summed E-state index contributed by atoms with van der Waals surface area (Å²) in [5.41, 5.74) is 7.37. The molecule has 0 spiro atoms. The van der Waals surface area contributed by atoms with Gasteiger partial charge in [-0.05, 0) is 17.7 Å². The van der Waals surface area contributed by atoms with Crippen LogP contribution in [0.25, 0.3) is 0 Å². The van der Waals surface area contributed by atoms with Crippen molar-refractivity contribution in [2.45, 2.75) is 13.0 Å². The van der Waals surface area contributed by atoms with E-state index in [9.17, 15) is 9.00 Å². The standard InChI is InChI=1S/C14H21N3O2S/c15-11-12-1-3-13(4-2-12)16-14(18)5-6-17-7-9-20(19)10-8-17/h1-4H,5-11,15H2,(H,16,18). The fourth-order valence-corrected chi connectivity index (χ4v) is 3.23. The molecule has 1 aliphatic heterocycles. The molecule has 3 N–H and O–H groups in total. The van der Waals surface area contributed by atoms with Crippen molar-refractivity contribution in [3.05, 3.63) is 29.8 Å². The van der Waals surface area contributed by atoms with E-state index in [2.05, 4.69) is 10.2 Å². The lowest BCUT2D eigenvalue weighted by atomic mass is 10.2. The van der Waals surface area contributed by atoms with E-state index < -0.39 is 10.8 Å². The Morgan fingerprint density at radius 1 is 1.25 bits per heavy atom. The maximum atomic E-state index is 11.9. The van der Waals surface area contributed by atoms with Crippen LogP contribution in [0.4, 0.5) is 5.69 Å². The smallest absolute Gasteiger partial charge is 0.225 e.